The van der Waals surface area contributed by atoms with Crippen molar-refractivity contribution in [2.24, 2.45) is 0 Å². The van der Waals surface area contributed by atoms with E-state index in [1.165, 1.54) is 6.42 Å². The third-order valence-electron chi connectivity index (χ3n) is 1.50. The molecule has 0 heterocycles. The van der Waals surface area contributed by atoms with Gasteiger partial charge < -0.3 is 0 Å². The van der Waals surface area contributed by atoms with Crippen molar-refractivity contribution in [2.45, 2.75) is 19.8 Å². The minimum absolute atomic E-state index is 1.10. The van der Waals surface area contributed by atoms with Crippen LogP contribution in [0.1, 0.15) is 19.8 Å². The number of hydrogen-bond donors (Lipinski definition) is 0. The minimum atomic E-state index is 1.10. The van der Waals surface area contributed by atoms with Gasteiger partial charge in [0.15, 0.2) is 0 Å². The van der Waals surface area contributed by atoms with Crippen molar-refractivity contribution in [3.8, 4) is 11.8 Å². The normalized spacial score (nSPS) is 11.5. The molecule has 0 aliphatic heterocycles. The second kappa shape index (κ2) is 12.3. The van der Waals surface area contributed by atoms with Crippen LogP contribution in [0, 0.1) is 11.8 Å². The summed E-state index contributed by atoms with van der Waals surface area (Å²) in [6.07, 6.45) is 19.4. The maximum absolute atomic E-state index is 3.57. The summed E-state index contributed by atoms with van der Waals surface area (Å²) in [5.41, 5.74) is 0. The van der Waals surface area contributed by atoms with Crippen molar-refractivity contribution in [3.63, 3.8) is 0 Å². The van der Waals surface area contributed by atoms with E-state index in [9.17, 15) is 0 Å². The van der Waals surface area contributed by atoms with Crippen LogP contribution >= 0.6 is 0 Å². The number of rotatable bonds is 5. The second-order valence-electron chi connectivity index (χ2n) is 2.84. The lowest BCUT2D eigenvalue weighted by Gasteiger charge is -1.77. The van der Waals surface area contributed by atoms with Crippen LogP contribution in [0.25, 0.3) is 0 Å². The maximum Gasteiger partial charge on any atom is -0.0115 e. The molecule has 0 heteroatoms. The van der Waals surface area contributed by atoms with Crippen molar-refractivity contribution >= 4 is 0 Å². The Morgan fingerprint density at radius 3 is 2.33 bits per heavy atom. The van der Waals surface area contributed by atoms with Crippen LogP contribution in [-0.4, -0.2) is 0 Å². The average molecular weight is 198 g/mol. The van der Waals surface area contributed by atoms with Gasteiger partial charge in [0.1, 0.15) is 0 Å². The molecular weight excluding hydrogens is 180 g/mol. The van der Waals surface area contributed by atoms with E-state index >= 15 is 0 Å². The Balaban J connectivity index is 3.74. The van der Waals surface area contributed by atoms with Crippen LogP contribution in [-0.2, 0) is 0 Å². The number of allylic oxidation sites excluding steroid dienone is 9. The van der Waals surface area contributed by atoms with Gasteiger partial charge in [-0.05, 0) is 18.6 Å². The highest BCUT2D eigenvalue weighted by molar-refractivity contribution is 5.26. The Morgan fingerprint density at radius 1 is 0.933 bits per heavy atom. The predicted molar refractivity (Wildman–Crippen MR) is 69.4 cm³/mol. The van der Waals surface area contributed by atoms with Crippen LogP contribution in [0.3, 0.4) is 0 Å². The Hall–Kier alpha value is -1.74. The lowest BCUT2D eigenvalue weighted by molar-refractivity contribution is 0.959. The summed E-state index contributed by atoms with van der Waals surface area (Å²) in [6.45, 7) is 5.73. The summed E-state index contributed by atoms with van der Waals surface area (Å²) < 4.78 is 0. The standard InChI is InChI=1S/C15H18/c1-3-5-7-9-11-13-15-14-12-10-8-6-4-2/h3,5,7-11,13,15H,1,4,6H2,2H3. The lowest BCUT2D eigenvalue weighted by atomic mass is 10.3. The van der Waals surface area contributed by atoms with Gasteiger partial charge in [-0.2, -0.15) is 0 Å². The Bertz CT molecular complexity index is 314. The highest BCUT2D eigenvalue weighted by Gasteiger charge is 1.67. The Kier molecular flexibility index (Phi) is 10.8. The maximum atomic E-state index is 3.57. The summed E-state index contributed by atoms with van der Waals surface area (Å²) in [5.74, 6) is 5.86. The zero-order chi connectivity index (χ0) is 11.2. The lowest BCUT2D eigenvalue weighted by Crippen LogP contribution is -1.58. The summed E-state index contributed by atoms with van der Waals surface area (Å²) in [4.78, 5) is 0. The van der Waals surface area contributed by atoms with E-state index in [2.05, 4.69) is 31.4 Å². The van der Waals surface area contributed by atoms with Crippen LogP contribution < -0.4 is 0 Å². The van der Waals surface area contributed by atoms with E-state index in [0.29, 0.717) is 0 Å². The Morgan fingerprint density at radius 2 is 1.60 bits per heavy atom. The molecule has 0 aliphatic carbocycles. The fraction of sp³-hybridized carbons (Fsp3) is 0.200. The second-order valence-corrected chi connectivity index (χ2v) is 2.84. The van der Waals surface area contributed by atoms with Crippen LogP contribution in [0.5, 0.6) is 0 Å². The zero-order valence-corrected chi connectivity index (χ0v) is 9.32. The van der Waals surface area contributed by atoms with Crippen molar-refractivity contribution in [3.05, 3.63) is 61.3 Å². The molecule has 0 spiro atoms. The third kappa shape index (κ3) is 12.3. The first kappa shape index (κ1) is 13.3. The van der Waals surface area contributed by atoms with Crippen molar-refractivity contribution < 1.29 is 0 Å². The van der Waals surface area contributed by atoms with Gasteiger partial charge in [-0.3, -0.25) is 0 Å². The van der Waals surface area contributed by atoms with Crippen LogP contribution in [0.4, 0.5) is 0 Å². The fourth-order valence-corrected chi connectivity index (χ4v) is 0.780. The van der Waals surface area contributed by atoms with Gasteiger partial charge in [-0.25, -0.2) is 0 Å². The molecule has 0 saturated heterocycles. The molecule has 0 aromatic carbocycles. The molecule has 0 fully saturated rings. The third-order valence-corrected chi connectivity index (χ3v) is 1.50. The minimum Gasteiger partial charge on any atom is -0.0991 e. The largest absolute Gasteiger partial charge is 0.0991 e. The van der Waals surface area contributed by atoms with Crippen LogP contribution in [0.2, 0.25) is 0 Å². The first-order chi connectivity index (χ1) is 7.41. The molecule has 0 radical (unpaired) electrons. The molecule has 0 unspecified atom stereocenters. The molecule has 0 nitrogen and oxygen atoms in total. The zero-order valence-electron chi connectivity index (χ0n) is 9.32. The molecular formula is C15H18. The van der Waals surface area contributed by atoms with Gasteiger partial charge in [0.25, 0.3) is 0 Å². The monoisotopic (exact) mass is 198 g/mol. The number of unbranched alkanes of at least 4 members (excludes halogenated alkanes) is 1. The molecule has 0 saturated carbocycles. The van der Waals surface area contributed by atoms with E-state index < -0.39 is 0 Å². The molecule has 78 valence electrons. The van der Waals surface area contributed by atoms with Crippen molar-refractivity contribution in [1.29, 1.82) is 0 Å². The molecule has 0 bridgehead atoms. The van der Waals surface area contributed by atoms with Crippen molar-refractivity contribution in [2.75, 3.05) is 0 Å². The van der Waals surface area contributed by atoms with E-state index in [1.807, 2.05) is 42.5 Å². The van der Waals surface area contributed by atoms with Gasteiger partial charge >= 0.3 is 0 Å². The van der Waals surface area contributed by atoms with E-state index in [-0.39, 0.29) is 0 Å². The average Bonchev–Trinajstić information content (AvgIpc) is 2.26. The Labute approximate surface area is 93.4 Å². The summed E-state index contributed by atoms with van der Waals surface area (Å²) in [7, 11) is 0. The molecule has 0 aliphatic rings. The summed E-state index contributed by atoms with van der Waals surface area (Å²) >= 11 is 0. The van der Waals surface area contributed by atoms with Gasteiger partial charge in [-0.1, -0.05) is 74.3 Å². The summed E-state index contributed by atoms with van der Waals surface area (Å²) in [6, 6.07) is 0. The summed E-state index contributed by atoms with van der Waals surface area (Å²) in [5, 5.41) is 0. The molecule has 0 atom stereocenters. The predicted octanol–water partition coefficient (Wildman–Crippen LogP) is 4.20. The van der Waals surface area contributed by atoms with Gasteiger partial charge in [0.2, 0.25) is 0 Å². The molecule has 15 heavy (non-hydrogen) atoms. The molecule has 0 aromatic rings. The van der Waals surface area contributed by atoms with E-state index in [0.717, 1.165) is 6.42 Å². The number of hydrogen-bond acceptors (Lipinski definition) is 0. The molecule has 0 N–H and O–H groups in total. The smallest absolute Gasteiger partial charge is 0.0115 e. The molecule has 0 aromatic heterocycles. The SMILES string of the molecule is C=CC=CC=CC=CC#CC=CCCC. The molecule has 0 rings (SSSR count). The quantitative estimate of drug-likeness (QED) is 0.459. The van der Waals surface area contributed by atoms with Gasteiger partial charge in [0.05, 0.1) is 0 Å². The first-order valence-corrected chi connectivity index (χ1v) is 5.18. The van der Waals surface area contributed by atoms with Crippen molar-refractivity contribution in [1.82, 2.24) is 0 Å². The highest BCUT2D eigenvalue weighted by Crippen LogP contribution is 1.86. The van der Waals surface area contributed by atoms with E-state index in [1.54, 1.807) is 6.08 Å². The highest BCUT2D eigenvalue weighted by atomic mass is 13.7. The topological polar surface area (TPSA) is 0 Å². The van der Waals surface area contributed by atoms with Gasteiger partial charge in [0, 0.05) is 0 Å². The molecule has 0 amide bonds. The van der Waals surface area contributed by atoms with E-state index in [4.69, 9.17) is 0 Å². The first-order valence-electron chi connectivity index (χ1n) is 5.18. The van der Waals surface area contributed by atoms with Crippen LogP contribution in [0.15, 0.2) is 61.3 Å². The fourth-order valence-electron chi connectivity index (χ4n) is 0.780. The van der Waals surface area contributed by atoms with Gasteiger partial charge in [-0.15, -0.1) is 0 Å².